The Hall–Kier alpha value is -1.19. The Morgan fingerprint density at radius 2 is 2.05 bits per heavy atom. The number of nitrogens with zero attached hydrogens (tertiary/aromatic N) is 1. The molecular weight excluding hydrogens is 278 g/mol. The van der Waals surface area contributed by atoms with Crippen LogP contribution in [0.4, 0.5) is 0 Å². The lowest BCUT2D eigenvalue weighted by atomic mass is 9.91. The second kappa shape index (κ2) is 6.29. The molecule has 1 aliphatic rings. The standard InChI is InChI=1S/C18H23NOS/c1-14-6-5-10-18(20,11-9-14)12-17-19-16(13-21-17)15-7-3-2-4-8-15/h2-4,7-8,13-14,20H,5-6,9-12H2,1H3. The number of hydrogen-bond acceptors (Lipinski definition) is 3. The predicted molar refractivity (Wildman–Crippen MR) is 88.5 cm³/mol. The summed E-state index contributed by atoms with van der Waals surface area (Å²) in [5, 5.41) is 14.0. The van der Waals surface area contributed by atoms with Gasteiger partial charge in [-0.15, -0.1) is 11.3 Å². The van der Waals surface area contributed by atoms with Crippen LogP contribution in [0.3, 0.4) is 0 Å². The van der Waals surface area contributed by atoms with Gasteiger partial charge >= 0.3 is 0 Å². The number of thiazole rings is 1. The van der Waals surface area contributed by atoms with E-state index in [0.717, 1.165) is 47.9 Å². The topological polar surface area (TPSA) is 33.1 Å². The smallest absolute Gasteiger partial charge is 0.0961 e. The van der Waals surface area contributed by atoms with Gasteiger partial charge in [0, 0.05) is 17.4 Å². The molecule has 1 N–H and O–H groups in total. The highest BCUT2D eigenvalue weighted by Crippen LogP contribution is 2.34. The van der Waals surface area contributed by atoms with Crippen molar-refractivity contribution in [2.24, 2.45) is 5.92 Å². The van der Waals surface area contributed by atoms with E-state index in [4.69, 9.17) is 4.98 Å². The van der Waals surface area contributed by atoms with Gasteiger partial charge in [0.2, 0.25) is 0 Å². The summed E-state index contributed by atoms with van der Waals surface area (Å²) in [6.07, 6.45) is 6.04. The third-order valence-electron chi connectivity index (χ3n) is 4.54. The zero-order chi connectivity index (χ0) is 14.7. The van der Waals surface area contributed by atoms with E-state index in [1.807, 2.05) is 18.2 Å². The van der Waals surface area contributed by atoms with E-state index in [2.05, 4.69) is 24.4 Å². The van der Waals surface area contributed by atoms with Crippen LogP contribution in [0, 0.1) is 5.92 Å². The van der Waals surface area contributed by atoms with Crippen LogP contribution in [0.5, 0.6) is 0 Å². The first-order valence-electron chi connectivity index (χ1n) is 7.87. The van der Waals surface area contributed by atoms with Gasteiger partial charge in [-0.2, -0.15) is 0 Å². The summed E-state index contributed by atoms with van der Waals surface area (Å²) in [6.45, 7) is 2.29. The number of rotatable bonds is 3. The molecule has 2 unspecified atom stereocenters. The van der Waals surface area contributed by atoms with E-state index in [-0.39, 0.29) is 0 Å². The number of hydrogen-bond donors (Lipinski definition) is 1. The van der Waals surface area contributed by atoms with E-state index >= 15 is 0 Å². The number of aliphatic hydroxyl groups is 1. The third kappa shape index (κ3) is 3.72. The summed E-state index contributed by atoms with van der Waals surface area (Å²) in [6, 6.07) is 10.3. The van der Waals surface area contributed by atoms with E-state index in [1.165, 1.54) is 6.42 Å². The first-order valence-corrected chi connectivity index (χ1v) is 8.75. The monoisotopic (exact) mass is 301 g/mol. The van der Waals surface area contributed by atoms with Gasteiger partial charge in [0.25, 0.3) is 0 Å². The number of benzene rings is 1. The summed E-state index contributed by atoms with van der Waals surface area (Å²) in [4.78, 5) is 4.73. The summed E-state index contributed by atoms with van der Waals surface area (Å²) < 4.78 is 0. The molecule has 0 aliphatic heterocycles. The molecule has 3 heteroatoms. The van der Waals surface area contributed by atoms with Gasteiger partial charge in [-0.1, -0.05) is 50.1 Å². The Morgan fingerprint density at radius 1 is 1.24 bits per heavy atom. The zero-order valence-corrected chi connectivity index (χ0v) is 13.4. The second-order valence-corrected chi connectivity index (χ2v) is 7.37. The molecule has 3 rings (SSSR count). The zero-order valence-electron chi connectivity index (χ0n) is 12.6. The molecule has 0 amide bonds. The molecule has 112 valence electrons. The van der Waals surface area contributed by atoms with Crippen LogP contribution < -0.4 is 0 Å². The largest absolute Gasteiger partial charge is 0.389 e. The molecule has 1 heterocycles. The van der Waals surface area contributed by atoms with E-state index in [1.54, 1.807) is 11.3 Å². The summed E-state index contributed by atoms with van der Waals surface area (Å²) in [5.74, 6) is 0.746. The van der Waals surface area contributed by atoms with Crippen molar-refractivity contribution in [3.8, 4) is 11.3 Å². The number of aromatic nitrogens is 1. The SMILES string of the molecule is CC1CCCC(O)(Cc2nc(-c3ccccc3)cs2)CC1. The average molecular weight is 301 g/mol. The molecule has 0 spiro atoms. The highest BCUT2D eigenvalue weighted by atomic mass is 32.1. The third-order valence-corrected chi connectivity index (χ3v) is 5.39. The van der Waals surface area contributed by atoms with Crippen molar-refractivity contribution in [3.05, 3.63) is 40.7 Å². The summed E-state index contributed by atoms with van der Waals surface area (Å²) >= 11 is 1.67. The van der Waals surface area contributed by atoms with Crippen LogP contribution in [0.2, 0.25) is 0 Å². The van der Waals surface area contributed by atoms with Gasteiger partial charge in [-0.05, 0) is 25.2 Å². The molecule has 0 bridgehead atoms. The predicted octanol–water partition coefficient (Wildman–Crippen LogP) is 4.68. The van der Waals surface area contributed by atoms with Crippen LogP contribution >= 0.6 is 11.3 Å². The van der Waals surface area contributed by atoms with Gasteiger partial charge in [-0.3, -0.25) is 0 Å². The average Bonchev–Trinajstić information content (AvgIpc) is 2.87. The van der Waals surface area contributed by atoms with Crippen molar-refractivity contribution in [2.75, 3.05) is 0 Å². The van der Waals surface area contributed by atoms with E-state index < -0.39 is 5.60 Å². The van der Waals surface area contributed by atoms with Crippen LogP contribution in [0.1, 0.15) is 44.0 Å². The summed E-state index contributed by atoms with van der Waals surface area (Å²) in [5.41, 5.74) is 1.64. The molecule has 1 aromatic carbocycles. The van der Waals surface area contributed by atoms with Crippen molar-refractivity contribution in [1.29, 1.82) is 0 Å². The molecule has 2 aromatic rings. The van der Waals surface area contributed by atoms with Crippen molar-refractivity contribution in [2.45, 2.75) is 51.0 Å². The second-order valence-electron chi connectivity index (χ2n) is 6.43. The van der Waals surface area contributed by atoms with Crippen molar-refractivity contribution >= 4 is 11.3 Å². The maximum atomic E-state index is 10.9. The molecule has 1 aliphatic carbocycles. The minimum absolute atomic E-state index is 0.545. The quantitative estimate of drug-likeness (QED) is 0.835. The lowest BCUT2D eigenvalue weighted by molar-refractivity contribution is 0.0243. The van der Waals surface area contributed by atoms with E-state index in [0.29, 0.717) is 6.42 Å². The van der Waals surface area contributed by atoms with Crippen molar-refractivity contribution in [1.82, 2.24) is 4.98 Å². The van der Waals surface area contributed by atoms with Gasteiger partial charge in [0.15, 0.2) is 0 Å². The van der Waals surface area contributed by atoms with Crippen molar-refractivity contribution in [3.63, 3.8) is 0 Å². The molecule has 1 fully saturated rings. The maximum Gasteiger partial charge on any atom is 0.0961 e. The Bertz CT molecular complexity index is 580. The van der Waals surface area contributed by atoms with Gasteiger partial charge in [0.05, 0.1) is 16.3 Å². The Morgan fingerprint density at radius 3 is 2.86 bits per heavy atom. The fraction of sp³-hybridized carbons (Fsp3) is 0.500. The van der Waals surface area contributed by atoms with Crippen LogP contribution in [0.25, 0.3) is 11.3 Å². The Balaban J connectivity index is 1.72. The maximum absolute atomic E-state index is 10.9. The molecular formula is C18H23NOS. The van der Waals surface area contributed by atoms with Crippen LogP contribution in [0.15, 0.2) is 35.7 Å². The molecule has 1 saturated carbocycles. The molecule has 2 nitrogen and oxygen atoms in total. The lowest BCUT2D eigenvalue weighted by Gasteiger charge is -2.25. The van der Waals surface area contributed by atoms with Crippen molar-refractivity contribution < 1.29 is 5.11 Å². The molecule has 0 saturated heterocycles. The fourth-order valence-corrected chi connectivity index (χ4v) is 4.10. The molecule has 21 heavy (non-hydrogen) atoms. The highest BCUT2D eigenvalue weighted by molar-refractivity contribution is 7.09. The van der Waals surface area contributed by atoms with Crippen LogP contribution in [-0.4, -0.2) is 15.7 Å². The normalized spacial score (nSPS) is 26.5. The van der Waals surface area contributed by atoms with Crippen LogP contribution in [-0.2, 0) is 6.42 Å². The van der Waals surface area contributed by atoms with Gasteiger partial charge in [0.1, 0.15) is 0 Å². The minimum Gasteiger partial charge on any atom is -0.389 e. The molecule has 2 atom stereocenters. The minimum atomic E-state index is -0.545. The summed E-state index contributed by atoms with van der Waals surface area (Å²) in [7, 11) is 0. The Kier molecular flexibility index (Phi) is 4.41. The first kappa shape index (κ1) is 14.7. The highest BCUT2D eigenvalue weighted by Gasteiger charge is 2.31. The van der Waals surface area contributed by atoms with Gasteiger partial charge < -0.3 is 5.11 Å². The Labute approximate surface area is 130 Å². The fourth-order valence-electron chi connectivity index (χ4n) is 3.16. The molecule has 1 aromatic heterocycles. The molecule has 0 radical (unpaired) electrons. The van der Waals surface area contributed by atoms with E-state index in [9.17, 15) is 5.11 Å². The lowest BCUT2D eigenvalue weighted by Crippen LogP contribution is -2.30. The van der Waals surface area contributed by atoms with Gasteiger partial charge in [-0.25, -0.2) is 4.98 Å². The first-order chi connectivity index (χ1) is 10.1.